The summed E-state index contributed by atoms with van der Waals surface area (Å²) in [7, 11) is 0. The molecule has 1 fully saturated rings. The van der Waals surface area contributed by atoms with Gasteiger partial charge in [-0.3, -0.25) is 0 Å². The third-order valence-electron chi connectivity index (χ3n) is 3.69. The van der Waals surface area contributed by atoms with Crippen LogP contribution >= 0.6 is 11.6 Å². The predicted molar refractivity (Wildman–Crippen MR) is 66.6 cm³/mol. The molecular formula is C12H13ClFN3. The van der Waals surface area contributed by atoms with Crippen LogP contribution in [-0.4, -0.2) is 9.55 Å². The minimum Gasteiger partial charge on any atom is -0.369 e. The molecule has 1 heterocycles. The van der Waals surface area contributed by atoms with Crippen molar-refractivity contribution in [2.45, 2.75) is 31.7 Å². The van der Waals surface area contributed by atoms with Crippen LogP contribution in [0, 0.1) is 5.82 Å². The third-order valence-corrected chi connectivity index (χ3v) is 3.98. The monoisotopic (exact) mass is 253 g/mol. The average molecular weight is 254 g/mol. The van der Waals surface area contributed by atoms with Gasteiger partial charge in [0.15, 0.2) is 0 Å². The van der Waals surface area contributed by atoms with Gasteiger partial charge in [-0.25, -0.2) is 9.37 Å². The fourth-order valence-electron chi connectivity index (χ4n) is 2.57. The lowest BCUT2D eigenvalue weighted by Gasteiger charge is -2.40. The van der Waals surface area contributed by atoms with E-state index in [0.717, 1.165) is 18.4 Å². The van der Waals surface area contributed by atoms with E-state index >= 15 is 0 Å². The van der Waals surface area contributed by atoms with E-state index in [4.69, 9.17) is 17.3 Å². The molecule has 1 aromatic carbocycles. The Bertz CT molecular complexity index is 601. The maximum Gasteiger partial charge on any atom is 0.201 e. The second-order valence-corrected chi connectivity index (χ2v) is 5.32. The van der Waals surface area contributed by atoms with Crippen molar-refractivity contribution in [1.29, 1.82) is 0 Å². The molecule has 0 bridgehead atoms. The van der Waals surface area contributed by atoms with Crippen LogP contribution < -0.4 is 5.73 Å². The molecule has 0 amide bonds. The Hall–Kier alpha value is -1.29. The molecule has 0 spiro atoms. The number of nitrogen functional groups attached to an aromatic ring is 1. The summed E-state index contributed by atoms with van der Waals surface area (Å²) < 4.78 is 15.3. The first-order valence-corrected chi connectivity index (χ1v) is 6.02. The summed E-state index contributed by atoms with van der Waals surface area (Å²) in [6.45, 7) is 2.14. The highest BCUT2D eigenvalue weighted by Crippen LogP contribution is 2.42. The molecule has 0 unspecified atom stereocenters. The Morgan fingerprint density at radius 3 is 2.76 bits per heavy atom. The number of hydrogen-bond acceptors (Lipinski definition) is 2. The topological polar surface area (TPSA) is 43.8 Å². The van der Waals surface area contributed by atoms with Gasteiger partial charge in [0.1, 0.15) is 5.82 Å². The van der Waals surface area contributed by atoms with E-state index in [1.807, 2.05) is 4.57 Å². The maximum absolute atomic E-state index is 13.4. The van der Waals surface area contributed by atoms with E-state index in [9.17, 15) is 4.39 Å². The summed E-state index contributed by atoms with van der Waals surface area (Å²) in [5.74, 6) is -0.0218. The molecule has 1 aromatic heterocycles. The molecule has 2 N–H and O–H groups in total. The molecular weight excluding hydrogens is 241 g/mol. The van der Waals surface area contributed by atoms with E-state index in [0.29, 0.717) is 11.5 Å². The molecule has 1 saturated carbocycles. The minimum absolute atomic E-state index is 0.00000819. The smallest absolute Gasteiger partial charge is 0.201 e. The number of aromatic nitrogens is 2. The fraction of sp³-hybridized carbons (Fsp3) is 0.417. The molecule has 3 rings (SSSR count). The highest BCUT2D eigenvalue weighted by molar-refractivity contribution is 6.31. The van der Waals surface area contributed by atoms with Gasteiger partial charge in [0.2, 0.25) is 5.95 Å². The van der Waals surface area contributed by atoms with Gasteiger partial charge < -0.3 is 10.3 Å². The molecule has 0 saturated heterocycles. The van der Waals surface area contributed by atoms with Gasteiger partial charge in [-0.15, -0.1) is 0 Å². The quantitative estimate of drug-likeness (QED) is 0.847. The number of halogens is 2. The van der Waals surface area contributed by atoms with E-state index in [-0.39, 0.29) is 10.6 Å². The van der Waals surface area contributed by atoms with Gasteiger partial charge >= 0.3 is 0 Å². The number of anilines is 1. The van der Waals surface area contributed by atoms with Gasteiger partial charge in [0.05, 0.1) is 16.1 Å². The largest absolute Gasteiger partial charge is 0.369 e. The summed E-state index contributed by atoms with van der Waals surface area (Å²) in [5, 5.41) is 0.113. The van der Waals surface area contributed by atoms with Crippen molar-refractivity contribution in [1.82, 2.24) is 9.55 Å². The molecule has 3 nitrogen and oxygen atoms in total. The summed E-state index contributed by atoms with van der Waals surface area (Å²) in [4.78, 5) is 4.21. The normalized spacial score (nSPS) is 18.3. The molecule has 5 heteroatoms. The van der Waals surface area contributed by atoms with Crippen LogP contribution in [0.1, 0.15) is 26.2 Å². The molecule has 90 valence electrons. The van der Waals surface area contributed by atoms with Crippen molar-refractivity contribution < 1.29 is 4.39 Å². The van der Waals surface area contributed by atoms with Crippen LogP contribution in [0.15, 0.2) is 12.1 Å². The first-order valence-electron chi connectivity index (χ1n) is 5.65. The zero-order chi connectivity index (χ0) is 12.2. The Kier molecular flexibility index (Phi) is 2.14. The van der Waals surface area contributed by atoms with E-state index in [2.05, 4.69) is 11.9 Å². The molecule has 1 aliphatic carbocycles. The maximum atomic E-state index is 13.4. The van der Waals surface area contributed by atoms with Gasteiger partial charge in [-0.1, -0.05) is 11.6 Å². The summed E-state index contributed by atoms with van der Waals surface area (Å²) >= 11 is 5.82. The van der Waals surface area contributed by atoms with Gasteiger partial charge in [0.25, 0.3) is 0 Å². The molecule has 1 aliphatic rings. The number of nitrogens with zero attached hydrogens (tertiary/aromatic N) is 2. The SMILES string of the molecule is CC1(n2c(N)nc3cc(F)c(Cl)cc32)CCC1. The highest BCUT2D eigenvalue weighted by atomic mass is 35.5. The number of rotatable bonds is 1. The van der Waals surface area contributed by atoms with E-state index in [1.165, 1.54) is 12.5 Å². The Morgan fingerprint density at radius 1 is 1.47 bits per heavy atom. The van der Waals surface area contributed by atoms with E-state index < -0.39 is 5.82 Å². The van der Waals surface area contributed by atoms with Crippen LogP contribution in [0.5, 0.6) is 0 Å². The molecule has 0 radical (unpaired) electrons. The fourth-order valence-corrected chi connectivity index (χ4v) is 2.73. The number of fused-ring (bicyclic) bond motifs is 1. The second kappa shape index (κ2) is 3.35. The summed E-state index contributed by atoms with van der Waals surface area (Å²) in [6, 6.07) is 2.95. The number of hydrogen-bond donors (Lipinski definition) is 1. The molecule has 0 aliphatic heterocycles. The zero-order valence-corrected chi connectivity index (χ0v) is 10.3. The van der Waals surface area contributed by atoms with Crippen molar-refractivity contribution in [3.63, 3.8) is 0 Å². The van der Waals surface area contributed by atoms with Gasteiger partial charge in [-0.2, -0.15) is 0 Å². The minimum atomic E-state index is -0.456. The van der Waals surface area contributed by atoms with Gasteiger partial charge in [0, 0.05) is 11.6 Å². The molecule has 17 heavy (non-hydrogen) atoms. The summed E-state index contributed by atoms with van der Waals surface area (Å²) in [5.41, 5.74) is 7.32. The third kappa shape index (κ3) is 1.43. The van der Waals surface area contributed by atoms with Crippen LogP contribution in [0.2, 0.25) is 5.02 Å². The van der Waals surface area contributed by atoms with E-state index in [1.54, 1.807) is 6.07 Å². The molecule has 2 aromatic rings. The first-order chi connectivity index (χ1) is 8.01. The number of imidazole rings is 1. The van der Waals surface area contributed by atoms with Crippen LogP contribution in [0.3, 0.4) is 0 Å². The highest BCUT2D eigenvalue weighted by Gasteiger charge is 2.36. The zero-order valence-electron chi connectivity index (χ0n) is 9.50. The van der Waals surface area contributed by atoms with Crippen molar-refractivity contribution in [2.24, 2.45) is 0 Å². The van der Waals surface area contributed by atoms with Crippen molar-refractivity contribution in [2.75, 3.05) is 5.73 Å². The average Bonchev–Trinajstić information content (AvgIpc) is 2.52. The van der Waals surface area contributed by atoms with Gasteiger partial charge in [-0.05, 0) is 32.3 Å². The standard InChI is InChI=1S/C12H13ClFN3/c1-12(3-2-4-12)17-10-5-7(13)8(14)6-9(10)16-11(17)15/h5-6H,2-4H2,1H3,(H2,15,16). The van der Waals surface area contributed by atoms with Crippen molar-refractivity contribution in [3.8, 4) is 0 Å². The first kappa shape index (κ1) is 10.8. The Balaban J connectivity index is 2.30. The van der Waals surface area contributed by atoms with Crippen LogP contribution in [-0.2, 0) is 5.54 Å². The lowest BCUT2D eigenvalue weighted by Crippen LogP contribution is -2.37. The lowest BCUT2D eigenvalue weighted by atomic mass is 9.78. The lowest BCUT2D eigenvalue weighted by molar-refractivity contribution is 0.177. The summed E-state index contributed by atoms with van der Waals surface area (Å²) in [6.07, 6.45) is 3.32. The van der Waals surface area contributed by atoms with Crippen LogP contribution in [0.25, 0.3) is 11.0 Å². The van der Waals surface area contributed by atoms with Crippen LogP contribution in [0.4, 0.5) is 10.3 Å². The van der Waals surface area contributed by atoms with Crippen molar-refractivity contribution >= 4 is 28.6 Å². The number of benzene rings is 1. The van der Waals surface area contributed by atoms with Crippen molar-refractivity contribution in [3.05, 3.63) is 23.0 Å². The Morgan fingerprint density at radius 2 is 2.18 bits per heavy atom. The number of nitrogens with two attached hydrogens (primary N) is 1. The second-order valence-electron chi connectivity index (χ2n) is 4.91. The molecule has 0 atom stereocenters. The Labute approximate surface area is 103 Å². The predicted octanol–water partition coefficient (Wildman–Crippen LogP) is 3.31.